The number of primary amides is 1. The monoisotopic (exact) mass is 299 g/mol. The predicted octanol–water partition coefficient (Wildman–Crippen LogP) is 0.388. The third kappa shape index (κ3) is 4.92. The van der Waals surface area contributed by atoms with Crippen molar-refractivity contribution in [2.24, 2.45) is 11.5 Å². The van der Waals surface area contributed by atoms with Crippen LogP contribution in [0.15, 0.2) is 23.1 Å². The van der Waals surface area contributed by atoms with Crippen LogP contribution >= 0.6 is 0 Å². The Morgan fingerprint density at radius 2 is 2.00 bits per heavy atom. The van der Waals surface area contributed by atoms with Crippen LogP contribution in [0.3, 0.4) is 0 Å². The van der Waals surface area contributed by atoms with Crippen LogP contribution in [0.25, 0.3) is 0 Å². The lowest BCUT2D eigenvalue weighted by Gasteiger charge is -2.10. The molecule has 1 aromatic carbocycles. The second kappa shape index (κ2) is 7.37. The van der Waals surface area contributed by atoms with E-state index in [1.165, 1.54) is 0 Å². The van der Waals surface area contributed by atoms with Crippen LogP contribution in [0.5, 0.6) is 0 Å². The number of rotatable bonds is 8. The van der Waals surface area contributed by atoms with Crippen LogP contribution < -0.4 is 16.2 Å². The van der Waals surface area contributed by atoms with Crippen LogP contribution in [-0.2, 0) is 21.4 Å². The minimum absolute atomic E-state index is 0.254. The Kier molecular flexibility index (Phi) is 6.12. The lowest BCUT2D eigenvalue weighted by Crippen LogP contribution is -2.25. The zero-order valence-corrected chi connectivity index (χ0v) is 12.4. The van der Waals surface area contributed by atoms with Crippen LogP contribution in [0.2, 0.25) is 0 Å². The first kappa shape index (κ1) is 16.6. The van der Waals surface area contributed by atoms with E-state index in [-0.39, 0.29) is 23.8 Å². The van der Waals surface area contributed by atoms with E-state index in [2.05, 4.69) is 4.72 Å². The third-order valence-corrected chi connectivity index (χ3v) is 4.53. The molecule has 0 aliphatic carbocycles. The molecule has 0 bridgehead atoms. The third-order valence-electron chi connectivity index (χ3n) is 2.91. The van der Waals surface area contributed by atoms with Gasteiger partial charge in [0.15, 0.2) is 0 Å². The maximum atomic E-state index is 12.1. The lowest BCUT2D eigenvalue weighted by atomic mass is 10.1. The average molecular weight is 299 g/mol. The second-order valence-corrected chi connectivity index (χ2v) is 6.36. The summed E-state index contributed by atoms with van der Waals surface area (Å²) in [6.45, 7) is 2.40. The van der Waals surface area contributed by atoms with E-state index >= 15 is 0 Å². The largest absolute Gasteiger partial charge is 0.370 e. The first-order chi connectivity index (χ1) is 9.36. The van der Waals surface area contributed by atoms with Gasteiger partial charge in [-0.1, -0.05) is 12.1 Å². The van der Waals surface area contributed by atoms with E-state index in [0.717, 1.165) is 5.56 Å². The predicted molar refractivity (Wildman–Crippen MR) is 77.3 cm³/mol. The van der Waals surface area contributed by atoms with Gasteiger partial charge in [0.1, 0.15) is 0 Å². The zero-order valence-electron chi connectivity index (χ0n) is 11.6. The Labute approximate surface area is 119 Å². The second-order valence-electron chi connectivity index (χ2n) is 4.63. The molecule has 6 nitrogen and oxygen atoms in total. The minimum Gasteiger partial charge on any atom is -0.370 e. The van der Waals surface area contributed by atoms with Crippen molar-refractivity contribution >= 4 is 15.9 Å². The molecule has 0 saturated carbocycles. The van der Waals surface area contributed by atoms with E-state index < -0.39 is 10.0 Å². The number of hydrogen-bond donors (Lipinski definition) is 3. The van der Waals surface area contributed by atoms with Gasteiger partial charge in [0.25, 0.3) is 0 Å². The van der Waals surface area contributed by atoms with Crippen molar-refractivity contribution < 1.29 is 13.2 Å². The molecular formula is C13H21N3O3S. The molecule has 0 fully saturated rings. The molecule has 0 unspecified atom stereocenters. The molecule has 1 amide bonds. The van der Waals surface area contributed by atoms with Gasteiger partial charge in [0, 0.05) is 19.5 Å². The Morgan fingerprint density at radius 3 is 2.55 bits per heavy atom. The van der Waals surface area contributed by atoms with E-state index in [1.54, 1.807) is 25.1 Å². The van der Waals surface area contributed by atoms with Gasteiger partial charge < -0.3 is 11.5 Å². The van der Waals surface area contributed by atoms with Crippen molar-refractivity contribution in [1.82, 2.24) is 4.72 Å². The van der Waals surface area contributed by atoms with Crippen LogP contribution in [-0.4, -0.2) is 20.9 Å². The minimum atomic E-state index is -3.52. The van der Waals surface area contributed by atoms with E-state index in [0.29, 0.717) is 24.9 Å². The summed E-state index contributed by atoms with van der Waals surface area (Å²) >= 11 is 0. The highest BCUT2D eigenvalue weighted by Gasteiger charge is 2.16. The smallest absolute Gasteiger partial charge is 0.240 e. The number of benzene rings is 1. The topological polar surface area (TPSA) is 115 Å². The highest BCUT2D eigenvalue weighted by atomic mass is 32.2. The summed E-state index contributed by atoms with van der Waals surface area (Å²) in [4.78, 5) is 10.8. The summed E-state index contributed by atoms with van der Waals surface area (Å²) in [6.07, 6.45) is 1.41. The number of nitrogens with one attached hydrogen (secondary N) is 1. The standard InChI is InChI=1S/C13H21N3O3S/c1-10-8-11(9-14)5-6-12(10)20(18,19)16-7-3-2-4-13(15)17/h5-6,8,16H,2-4,7,9,14H2,1H3,(H2,15,17). The van der Waals surface area contributed by atoms with E-state index in [4.69, 9.17) is 11.5 Å². The normalized spacial score (nSPS) is 11.5. The van der Waals surface area contributed by atoms with Gasteiger partial charge in [0.05, 0.1) is 4.90 Å². The Bertz CT molecular complexity index is 570. The molecule has 0 atom stereocenters. The van der Waals surface area contributed by atoms with E-state index in [1.807, 2.05) is 0 Å². The maximum absolute atomic E-state index is 12.1. The molecular weight excluding hydrogens is 278 g/mol. The van der Waals surface area contributed by atoms with Gasteiger partial charge in [-0.25, -0.2) is 13.1 Å². The molecule has 0 aromatic heterocycles. The van der Waals surface area contributed by atoms with Crippen molar-refractivity contribution in [2.45, 2.75) is 37.6 Å². The number of carbonyl (C=O) groups excluding carboxylic acids is 1. The molecule has 0 saturated heterocycles. The Hall–Kier alpha value is -1.44. The fourth-order valence-corrected chi connectivity index (χ4v) is 3.15. The molecule has 0 aliphatic rings. The maximum Gasteiger partial charge on any atom is 0.240 e. The van der Waals surface area contributed by atoms with Gasteiger partial charge in [0.2, 0.25) is 15.9 Å². The number of sulfonamides is 1. The lowest BCUT2D eigenvalue weighted by molar-refractivity contribution is -0.118. The summed E-state index contributed by atoms with van der Waals surface area (Å²) in [5.74, 6) is -0.374. The van der Waals surface area contributed by atoms with Gasteiger partial charge in [-0.15, -0.1) is 0 Å². The van der Waals surface area contributed by atoms with E-state index in [9.17, 15) is 13.2 Å². The zero-order chi connectivity index (χ0) is 15.2. The number of aryl methyl sites for hydroxylation is 1. The number of hydrogen-bond acceptors (Lipinski definition) is 4. The molecule has 112 valence electrons. The van der Waals surface area contributed by atoms with Crippen LogP contribution in [0.1, 0.15) is 30.4 Å². The highest BCUT2D eigenvalue weighted by Crippen LogP contribution is 2.16. The van der Waals surface area contributed by atoms with Crippen LogP contribution in [0, 0.1) is 6.92 Å². The number of carbonyl (C=O) groups is 1. The van der Waals surface area contributed by atoms with Gasteiger partial charge in [-0.3, -0.25) is 4.79 Å². The summed E-state index contributed by atoms with van der Waals surface area (Å²) < 4.78 is 26.7. The molecule has 0 spiro atoms. The SMILES string of the molecule is Cc1cc(CN)ccc1S(=O)(=O)NCCCCC(N)=O. The van der Waals surface area contributed by atoms with Crippen LogP contribution in [0.4, 0.5) is 0 Å². The van der Waals surface area contributed by atoms with Gasteiger partial charge >= 0.3 is 0 Å². The Morgan fingerprint density at radius 1 is 1.30 bits per heavy atom. The molecule has 1 aromatic rings. The number of nitrogens with two attached hydrogens (primary N) is 2. The number of amides is 1. The van der Waals surface area contributed by atoms with Crippen molar-refractivity contribution in [3.05, 3.63) is 29.3 Å². The fourth-order valence-electron chi connectivity index (χ4n) is 1.85. The molecule has 0 heterocycles. The van der Waals surface area contributed by atoms with Crippen molar-refractivity contribution in [1.29, 1.82) is 0 Å². The van der Waals surface area contributed by atoms with Crippen molar-refractivity contribution in [3.63, 3.8) is 0 Å². The number of unbranched alkanes of at least 4 members (excludes halogenated alkanes) is 1. The molecule has 0 aliphatic heterocycles. The average Bonchev–Trinajstić information content (AvgIpc) is 2.37. The molecule has 20 heavy (non-hydrogen) atoms. The molecule has 0 radical (unpaired) electrons. The summed E-state index contributed by atoms with van der Waals surface area (Å²) in [6, 6.07) is 5.03. The summed E-state index contributed by atoms with van der Waals surface area (Å²) in [5, 5.41) is 0. The van der Waals surface area contributed by atoms with Crippen molar-refractivity contribution in [2.75, 3.05) is 6.54 Å². The quantitative estimate of drug-likeness (QED) is 0.602. The first-order valence-corrected chi connectivity index (χ1v) is 7.92. The van der Waals surface area contributed by atoms with Gasteiger partial charge in [-0.05, 0) is 37.0 Å². The molecule has 5 N–H and O–H groups in total. The Balaban J connectivity index is 2.62. The molecule has 7 heteroatoms. The summed E-state index contributed by atoms with van der Waals surface area (Å²) in [5.41, 5.74) is 12.1. The van der Waals surface area contributed by atoms with Crippen molar-refractivity contribution in [3.8, 4) is 0 Å². The summed E-state index contributed by atoms with van der Waals surface area (Å²) in [7, 11) is -3.52. The highest BCUT2D eigenvalue weighted by molar-refractivity contribution is 7.89. The van der Waals surface area contributed by atoms with Gasteiger partial charge in [-0.2, -0.15) is 0 Å². The molecule has 1 rings (SSSR count). The fraction of sp³-hybridized carbons (Fsp3) is 0.462. The first-order valence-electron chi connectivity index (χ1n) is 6.44.